The standard InChI is InChI=1S/C14H16N2O5S/c17-12-3-1-2-11-9(12)6-10(14(19)16-11)13(18)15-8-4-5-22(20,21)7-8/h6,8H,1-5,7H2,(H,15,18)(H,16,19)/t8-/m1/s1. The minimum Gasteiger partial charge on any atom is -0.348 e. The van der Waals surface area contributed by atoms with Crippen LogP contribution in [0.5, 0.6) is 0 Å². The quantitative estimate of drug-likeness (QED) is 0.783. The Bertz CT molecular complexity index is 809. The van der Waals surface area contributed by atoms with Crippen LogP contribution < -0.4 is 10.9 Å². The molecule has 0 bridgehead atoms. The average Bonchev–Trinajstić information content (AvgIpc) is 2.77. The zero-order chi connectivity index (χ0) is 15.9. The first-order chi connectivity index (χ1) is 10.4. The third kappa shape index (κ3) is 2.83. The number of carbonyl (C=O) groups is 2. The van der Waals surface area contributed by atoms with Gasteiger partial charge in [-0.25, -0.2) is 8.42 Å². The predicted molar refractivity (Wildman–Crippen MR) is 78.9 cm³/mol. The molecule has 2 heterocycles. The highest BCUT2D eigenvalue weighted by Crippen LogP contribution is 2.19. The largest absolute Gasteiger partial charge is 0.348 e. The maximum Gasteiger partial charge on any atom is 0.261 e. The van der Waals surface area contributed by atoms with E-state index in [1.54, 1.807) is 0 Å². The molecule has 1 aliphatic carbocycles. The van der Waals surface area contributed by atoms with Gasteiger partial charge in [0.15, 0.2) is 15.6 Å². The summed E-state index contributed by atoms with van der Waals surface area (Å²) >= 11 is 0. The topological polar surface area (TPSA) is 113 Å². The van der Waals surface area contributed by atoms with Gasteiger partial charge in [0, 0.05) is 23.7 Å². The zero-order valence-corrected chi connectivity index (χ0v) is 12.7. The Labute approximate surface area is 127 Å². The number of aromatic amines is 1. The molecule has 2 aliphatic rings. The second-order valence-corrected chi connectivity index (χ2v) is 7.98. The summed E-state index contributed by atoms with van der Waals surface area (Å²) in [5.41, 5.74) is 0.265. The number of H-pyrrole nitrogens is 1. The van der Waals surface area contributed by atoms with Crippen LogP contribution in [0, 0.1) is 0 Å². The first kappa shape index (κ1) is 15.0. The number of carbonyl (C=O) groups excluding carboxylic acids is 2. The van der Waals surface area contributed by atoms with Gasteiger partial charge < -0.3 is 10.3 Å². The summed E-state index contributed by atoms with van der Waals surface area (Å²) in [5, 5.41) is 2.56. The Hall–Kier alpha value is -1.96. The van der Waals surface area contributed by atoms with Crippen molar-refractivity contribution in [1.29, 1.82) is 0 Å². The van der Waals surface area contributed by atoms with E-state index in [0.29, 0.717) is 36.9 Å². The van der Waals surface area contributed by atoms with Crippen molar-refractivity contribution in [2.75, 3.05) is 11.5 Å². The molecule has 0 aromatic carbocycles. The van der Waals surface area contributed by atoms with E-state index in [0.717, 1.165) is 0 Å². The molecule has 1 atom stereocenters. The summed E-state index contributed by atoms with van der Waals surface area (Å²) in [6.45, 7) is 0. The molecule has 2 N–H and O–H groups in total. The SMILES string of the molecule is O=C1CCCc2[nH]c(=O)c(C(=O)N[C@@H]3CCS(=O)(=O)C3)cc21. The van der Waals surface area contributed by atoms with Gasteiger partial charge in [-0.15, -0.1) is 0 Å². The van der Waals surface area contributed by atoms with Gasteiger partial charge >= 0.3 is 0 Å². The normalized spacial score (nSPS) is 23.1. The van der Waals surface area contributed by atoms with E-state index in [-0.39, 0.29) is 22.9 Å². The molecule has 0 unspecified atom stereocenters. The minimum atomic E-state index is -3.11. The lowest BCUT2D eigenvalue weighted by Crippen LogP contribution is -2.39. The molecule has 0 spiro atoms. The number of ketones is 1. The van der Waals surface area contributed by atoms with Crippen LogP contribution in [0.15, 0.2) is 10.9 Å². The molecule has 1 saturated heterocycles. The van der Waals surface area contributed by atoms with Crippen LogP contribution in [0.25, 0.3) is 0 Å². The van der Waals surface area contributed by atoms with E-state index < -0.39 is 27.3 Å². The highest BCUT2D eigenvalue weighted by molar-refractivity contribution is 7.91. The highest BCUT2D eigenvalue weighted by atomic mass is 32.2. The Morgan fingerprint density at radius 1 is 1.27 bits per heavy atom. The molecule has 0 saturated carbocycles. The summed E-state index contributed by atoms with van der Waals surface area (Å²) in [5.74, 6) is -0.795. The van der Waals surface area contributed by atoms with Crippen molar-refractivity contribution in [3.8, 4) is 0 Å². The Kier molecular flexibility index (Phi) is 3.64. The number of fused-ring (bicyclic) bond motifs is 1. The van der Waals surface area contributed by atoms with Crippen molar-refractivity contribution in [2.45, 2.75) is 31.7 Å². The number of nitrogens with one attached hydrogen (secondary N) is 2. The predicted octanol–water partition coefficient (Wildman–Crippen LogP) is -0.189. The number of rotatable bonds is 2. The Morgan fingerprint density at radius 2 is 2.05 bits per heavy atom. The van der Waals surface area contributed by atoms with Gasteiger partial charge in [-0.05, 0) is 25.3 Å². The number of aromatic nitrogens is 1. The summed E-state index contributed by atoms with van der Waals surface area (Å²) in [6, 6.07) is 0.845. The maximum atomic E-state index is 12.2. The minimum absolute atomic E-state index is 0.0387. The van der Waals surface area contributed by atoms with E-state index in [1.807, 2.05) is 0 Å². The number of hydrogen-bond acceptors (Lipinski definition) is 5. The Morgan fingerprint density at radius 3 is 2.73 bits per heavy atom. The smallest absolute Gasteiger partial charge is 0.261 e. The third-order valence-electron chi connectivity index (χ3n) is 4.07. The van der Waals surface area contributed by atoms with Gasteiger partial charge in [0.2, 0.25) is 0 Å². The molecule has 118 valence electrons. The summed E-state index contributed by atoms with van der Waals surface area (Å²) in [4.78, 5) is 38.6. The average molecular weight is 324 g/mol. The summed E-state index contributed by atoms with van der Waals surface area (Å²) in [7, 11) is -3.11. The van der Waals surface area contributed by atoms with Crippen molar-refractivity contribution in [3.63, 3.8) is 0 Å². The number of sulfone groups is 1. The van der Waals surface area contributed by atoms with Crippen LogP contribution in [0.4, 0.5) is 0 Å². The van der Waals surface area contributed by atoms with Gasteiger partial charge in [0.05, 0.1) is 11.5 Å². The van der Waals surface area contributed by atoms with Crippen LogP contribution in [0.3, 0.4) is 0 Å². The van der Waals surface area contributed by atoms with E-state index in [2.05, 4.69) is 10.3 Å². The van der Waals surface area contributed by atoms with Crippen molar-refractivity contribution in [3.05, 3.63) is 33.2 Å². The lowest BCUT2D eigenvalue weighted by atomic mass is 9.93. The van der Waals surface area contributed by atoms with Gasteiger partial charge in [-0.3, -0.25) is 14.4 Å². The maximum absolute atomic E-state index is 12.2. The molecule has 1 aromatic heterocycles. The number of aryl methyl sites for hydroxylation is 1. The van der Waals surface area contributed by atoms with Crippen LogP contribution in [-0.2, 0) is 16.3 Å². The fourth-order valence-electron chi connectivity index (χ4n) is 2.92. The lowest BCUT2D eigenvalue weighted by molar-refractivity contribution is 0.0939. The van der Waals surface area contributed by atoms with Gasteiger partial charge in [0.25, 0.3) is 11.5 Å². The second-order valence-electron chi connectivity index (χ2n) is 5.75. The zero-order valence-electron chi connectivity index (χ0n) is 11.8. The van der Waals surface area contributed by atoms with E-state index in [1.165, 1.54) is 6.07 Å². The molecular weight excluding hydrogens is 308 g/mol. The fourth-order valence-corrected chi connectivity index (χ4v) is 4.59. The van der Waals surface area contributed by atoms with Crippen LogP contribution in [-0.4, -0.2) is 42.6 Å². The van der Waals surface area contributed by atoms with Gasteiger partial charge in [0.1, 0.15) is 5.56 Å². The number of hydrogen-bond donors (Lipinski definition) is 2. The van der Waals surface area contributed by atoms with E-state index in [9.17, 15) is 22.8 Å². The van der Waals surface area contributed by atoms with Crippen molar-refractivity contribution in [2.24, 2.45) is 0 Å². The number of pyridine rings is 1. The van der Waals surface area contributed by atoms with E-state index >= 15 is 0 Å². The molecule has 8 heteroatoms. The summed E-state index contributed by atoms with van der Waals surface area (Å²) < 4.78 is 22.8. The van der Waals surface area contributed by atoms with Crippen molar-refractivity contribution in [1.82, 2.24) is 10.3 Å². The monoisotopic (exact) mass is 324 g/mol. The first-order valence-corrected chi connectivity index (χ1v) is 8.98. The first-order valence-electron chi connectivity index (χ1n) is 7.16. The second kappa shape index (κ2) is 5.35. The van der Waals surface area contributed by atoms with Crippen LogP contribution in [0.1, 0.15) is 45.7 Å². The molecule has 0 radical (unpaired) electrons. The van der Waals surface area contributed by atoms with Crippen LogP contribution in [0.2, 0.25) is 0 Å². The van der Waals surface area contributed by atoms with Gasteiger partial charge in [-0.1, -0.05) is 0 Å². The fraction of sp³-hybridized carbons (Fsp3) is 0.500. The molecular formula is C14H16N2O5S. The third-order valence-corrected chi connectivity index (χ3v) is 5.83. The Balaban J connectivity index is 1.85. The molecule has 1 fully saturated rings. The molecule has 3 rings (SSSR count). The molecule has 1 aliphatic heterocycles. The number of Topliss-reactive ketones (excluding diaryl/α,β-unsaturated/α-hetero) is 1. The molecule has 1 amide bonds. The lowest BCUT2D eigenvalue weighted by Gasteiger charge is -2.16. The molecule has 1 aromatic rings. The van der Waals surface area contributed by atoms with E-state index in [4.69, 9.17) is 0 Å². The van der Waals surface area contributed by atoms with Crippen LogP contribution >= 0.6 is 0 Å². The summed E-state index contributed by atoms with van der Waals surface area (Å²) in [6.07, 6.45) is 2.04. The van der Waals surface area contributed by atoms with Gasteiger partial charge in [-0.2, -0.15) is 0 Å². The number of amides is 1. The molecule has 22 heavy (non-hydrogen) atoms. The van der Waals surface area contributed by atoms with Crippen molar-refractivity contribution < 1.29 is 18.0 Å². The molecule has 7 nitrogen and oxygen atoms in total. The highest BCUT2D eigenvalue weighted by Gasteiger charge is 2.30. The van der Waals surface area contributed by atoms with Crippen molar-refractivity contribution >= 4 is 21.5 Å².